The van der Waals surface area contributed by atoms with E-state index in [1.807, 2.05) is 0 Å². The molecule has 0 bridgehead atoms. The second-order valence-corrected chi connectivity index (χ2v) is 6.88. The molecule has 4 heteroatoms. The highest BCUT2D eigenvalue weighted by Crippen LogP contribution is 2.24. The fraction of sp³-hybridized carbons (Fsp3) is 0.526. The SMILES string of the molecule is C[C@H]1CN(Cc2ccc3ccccc3n2)C[C@H]1N1CCOCC1. The van der Waals surface area contributed by atoms with Gasteiger partial charge in [-0.15, -0.1) is 0 Å². The molecule has 0 radical (unpaired) electrons. The lowest BCUT2D eigenvalue weighted by atomic mass is 10.0. The summed E-state index contributed by atoms with van der Waals surface area (Å²) in [5, 5.41) is 1.22. The Bertz CT molecular complexity index is 668. The van der Waals surface area contributed by atoms with Crippen LogP contribution in [0.3, 0.4) is 0 Å². The number of rotatable bonds is 3. The third-order valence-electron chi connectivity index (χ3n) is 5.20. The number of hydrogen-bond acceptors (Lipinski definition) is 4. The van der Waals surface area contributed by atoms with Crippen LogP contribution < -0.4 is 0 Å². The number of nitrogens with zero attached hydrogens (tertiary/aromatic N) is 3. The van der Waals surface area contributed by atoms with Gasteiger partial charge in [-0.05, 0) is 18.1 Å². The first-order chi connectivity index (χ1) is 11.3. The molecule has 0 amide bonds. The van der Waals surface area contributed by atoms with Crippen LogP contribution in [-0.2, 0) is 11.3 Å². The van der Waals surface area contributed by atoms with Crippen molar-refractivity contribution in [3.63, 3.8) is 0 Å². The van der Waals surface area contributed by atoms with Crippen molar-refractivity contribution >= 4 is 10.9 Å². The van der Waals surface area contributed by atoms with Crippen molar-refractivity contribution in [3.05, 3.63) is 42.1 Å². The highest BCUT2D eigenvalue weighted by Gasteiger charge is 2.34. The zero-order chi connectivity index (χ0) is 15.6. The molecule has 2 fully saturated rings. The Morgan fingerprint density at radius 3 is 2.78 bits per heavy atom. The van der Waals surface area contributed by atoms with Gasteiger partial charge in [0.2, 0.25) is 0 Å². The Balaban J connectivity index is 1.44. The molecule has 0 spiro atoms. The third-order valence-corrected chi connectivity index (χ3v) is 5.20. The van der Waals surface area contributed by atoms with Crippen LogP contribution in [-0.4, -0.2) is 60.2 Å². The second kappa shape index (κ2) is 6.56. The van der Waals surface area contributed by atoms with Crippen molar-refractivity contribution in [2.45, 2.75) is 19.5 Å². The Kier molecular flexibility index (Phi) is 4.29. The van der Waals surface area contributed by atoms with Crippen LogP contribution in [0, 0.1) is 5.92 Å². The maximum absolute atomic E-state index is 5.49. The predicted molar refractivity (Wildman–Crippen MR) is 92.4 cm³/mol. The van der Waals surface area contributed by atoms with E-state index in [1.54, 1.807) is 0 Å². The van der Waals surface area contributed by atoms with Gasteiger partial charge in [0, 0.05) is 44.2 Å². The molecule has 1 aromatic heterocycles. The van der Waals surface area contributed by atoms with Crippen LogP contribution >= 0.6 is 0 Å². The Hall–Kier alpha value is -1.49. The van der Waals surface area contributed by atoms with E-state index in [9.17, 15) is 0 Å². The van der Waals surface area contributed by atoms with Gasteiger partial charge in [0.05, 0.1) is 24.4 Å². The number of morpholine rings is 1. The molecule has 3 heterocycles. The number of likely N-dealkylation sites (tertiary alicyclic amines) is 1. The first-order valence-corrected chi connectivity index (χ1v) is 8.68. The highest BCUT2D eigenvalue weighted by atomic mass is 16.5. The molecule has 122 valence electrons. The Labute approximate surface area is 138 Å². The summed E-state index contributed by atoms with van der Waals surface area (Å²) in [6.07, 6.45) is 0. The smallest absolute Gasteiger partial charge is 0.0705 e. The van der Waals surface area contributed by atoms with Crippen molar-refractivity contribution in [2.24, 2.45) is 5.92 Å². The Morgan fingerprint density at radius 2 is 1.91 bits per heavy atom. The zero-order valence-electron chi connectivity index (χ0n) is 13.8. The fourth-order valence-electron chi connectivity index (χ4n) is 3.99. The predicted octanol–water partition coefficient (Wildman–Crippen LogP) is 2.39. The molecule has 2 aromatic rings. The minimum absolute atomic E-state index is 0.666. The maximum atomic E-state index is 5.49. The van der Waals surface area contributed by atoms with Gasteiger partial charge in [-0.25, -0.2) is 0 Å². The monoisotopic (exact) mass is 311 g/mol. The minimum atomic E-state index is 0.666. The maximum Gasteiger partial charge on any atom is 0.0705 e. The van der Waals surface area contributed by atoms with Gasteiger partial charge in [-0.2, -0.15) is 0 Å². The molecule has 23 heavy (non-hydrogen) atoms. The standard InChI is InChI=1S/C19H25N3O/c1-15-12-21(14-19(15)22-8-10-23-11-9-22)13-17-7-6-16-4-2-3-5-18(16)20-17/h2-7,15,19H,8-14H2,1H3/t15-,19+/m0/s1. The number of para-hydroxylation sites is 1. The van der Waals surface area contributed by atoms with E-state index >= 15 is 0 Å². The van der Waals surface area contributed by atoms with Crippen LogP contribution in [0.25, 0.3) is 10.9 Å². The Morgan fingerprint density at radius 1 is 1.09 bits per heavy atom. The molecule has 4 rings (SSSR count). The van der Waals surface area contributed by atoms with Gasteiger partial charge in [0.25, 0.3) is 0 Å². The number of hydrogen-bond donors (Lipinski definition) is 0. The summed E-state index contributed by atoms with van der Waals surface area (Å²) in [7, 11) is 0. The lowest BCUT2D eigenvalue weighted by Crippen LogP contribution is -2.46. The van der Waals surface area contributed by atoms with Gasteiger partial charge in [-0.1, -0.05) is 31.2 Å². The van der Waals surface area contributed by atoms with Crippen LogP contribution in [0.4, 0.5) is 0 Å². The topological polar surface area (TPSA) is 28.6 Å². The highest BCUT2D eigenvalue weighted by molar-refractivity contribution is 5.78. The van der Waals surface area contributed by atoms with Gasteiger partial charge in [0.15, 0.2) is 0 Å². The molecule has 2 aliphatic heterocycles. The number of pyridine rings is 1. The molecular formula is C19H25N3O. The average Bonchev–Trinajstić information content (AvgIpc) is 2.96. The van der Waals surface area contributed by atoms with E-state index in [0.717, 1.165) is 51.5 Å². The molecule has 1 aromatic carbocycles. The molecule has 0 saturated carbocycles. The number of ether oxygens (including phenoxy) is 1. The molecule has 0 aliphatic carbocycles. The van der Waals surface area contributed by atoms with Crippen LogP contribution in [0.5, 0.6) is 0 Å². The largest absolute Gasteiger partial charge is 0.379 e. The van der Waals surface area contributed by atoms with Crippen molar-refractivity contribution in [1.29, 1.82) is 0 Å². The third kappa shape index (κ3) is 3.25. The molecular weight excluding hydrogens is 286 g/mol. The van der Waals surface area contributed by atoms with E-state index in [4.69, 9.17) is 9.72 Å². The summed E-state index contributed by atoms with van der Waals surface area (Å²) in [6.45, 7) is 9.58. The average molecular weight is 311 g/mol. The van der Waals surface area contributed by atoms with E-state index in [-0.39, 0.29) is 0 Å². The van der Waals surface area contributed by atoms with E-state index in [1.165, 1.54) is 11.1 Å². The van der Waals surface area contributed by atoms with Gasteiger partial charge < -0.3 is 4.74 Å². The molecule has 2 saturated heterocycles. The van der Waals surface area contributed by atoms with E-state index < -0.39 is 0 Å². The van der Waals surface area contributed by atoms with Gasteiger partial charge in [0.1, 0.15) is 0 Å². The number of fused-ring (bicyclic) bond motifs is 1. The lowest BCUT2D eigenvalue weighted by Gasteiger charge is -2.34. The summed E-state index contributed by atoms with van der Waals surface area (Å²) in [5.74, 6) is 0.716. The van der Waals surface area contributed by atoms with Crippen molar-refractivity contribution in [2.75, 3.05) is 39.4 Å². The number of benzene rings is 1. The lowest BCUT2D eigenvalue weighted by molar-refractivity contribution is 0.0117. The normalized spacial score (nSPS) is 26.8. The van der Waals surface area contributed by atoms with Crippen LogP contribution in [0.1, 0.15) is 12.6 Å². The minimum Gasteiger partial charge on any atom is -0.379 e. The summed E-state index contributed by atoms with van der Waals surface area (Å²) in [4.78, 5) is 10.00. The summed E-state index contributed by atoms with van der Waals surface area (Å²) in [5.41, 5.74) is 2.28. The first kappa shape index (κ1) is 15.1. The van der Waals surface area contributed by atoms with E-state index in [2.05, 4.69) is 53.1 Å². The second-order valence-electron chi connectivity index (χ2n) is 6.88. The van der Waals surface area contributed by atoms with Crippen LogP contribution in [0.2, 0.25) is 0 Å². The van der Waals surface area contributed by atoms with Gasteiger partial charge >= 0.3 is 0 Å². The van der Waals surface area contributed by atoms with Crippen molar-refractivity contribution < 1.29 is 4.74 Å². The molecule has 4 nitrogen and oxygen atoms in total. The summed E-state index contributed by atoms with van der Waals surface area (Å²) >= 11 is 0. The molecule has 2 aliphatic rings. The summed E-state index contributed by atoms with van der Waals surface area (Å²) < 4.78 is 5.49. The van der Waals surface area contributed by atoms with Crippen molar-refractivity contribution in [1.82, 2.24) is 14.8 Å². The molecule has 2 atom stereocenters. The molecule has 0 N–H and O–H groups in total. The summed E-state index contributed by atoms with van der Waals surface area (Å²) in [6, 6.07) is 13.4. The van der Waals surface area contributed by atoms with Crippen LogP contribution in [0.15, 0.2) is 36.4 Å². The fourth-order valence-corrected chi connectivity index (χ4v) is 3.99. The number of aromatic nitrogens is 1. The molecule has 0 unspecified atom stereocenters. The van der Waals surface area contributed by atoms with E-state index in [0.29, 0.717) is 12.0 Å². The van der Waals surface area contributed by atoms with Gasteiger partial charge in [-0.3, -0.25) is 14.8 Å². The zero-order valence-corrected chi connectivity index (χ0v) is 13.8. The quantitative estimate of drug-likeness (QED) is 0.870. The van der Waals surface area contributed by atoms with Crippen molar-refractivity contribution in [3.8, 4) is 0 Å². The first-order valence-electron chi connectivity index (χ1n) is 8.68.